The zero-order valence-corrected chi connectivity index (χ0v) is 7.33. The summed E-state index contributed by atoms with van der Waals surface area (Å²) < 4.78 is 30.6. The number of carbonyl (C=O) groups is 1. The molecule has 0 atom stereocenters. The number of methoxy groups -OCH3 is 1. The summed E-state index contributed by atoms with van der Waals surface area (Å²) in [5.74, 6) is -5.14. The Labute approximate surface area is 78.7 Å². The van der Waals surface area contributed by atoms with E-state index in [0.29, 0.717) is 5.75 Å². The summed E-state index contributed by atoms with van der Waals surface area (Å²) in [7, 11) is 1.38. The number of pyridine rings is 1. The topological polar surface area (TPSA) is 65.2 Å². The summed E-state index contributed by atoms with van der Waals surface area (Å²) in [6.07, 6.45) is 1.09. The van der Waals surface area contributed by atoms with Gasteiger partial charge in [-0.25, -0.2) is 0 Å². The number of hydrogen-bond acceptors (Lipinski definition) is 3. The molecule has 2 N–H and O–H groups in total. The van der Waals surface area contributed by atoms with Crippen LogP contribution in [0.15, 0.2) is 18.3 Å². The monoisotopic (exact) mass is 202 g/mol. The second kappa shape index (κ2) is 3.57. The van der Waals surface area contributed by atoms with E-state index in [-0.39, 0.29) is 0 Å². The van der Waals surface area contributed by atoms with Crippen molar-refractivity contribution < 1.29 is 18.3 Å². The first kappa shape index (κ1) is 10.4. The van der Waals surface area contributed by atoms with Crippen LogP contribution in [-0.2, 0) is 10.7 Å². The Morgan fingerprint density at radius 1 is 1.57 bits per heavy atom. The normalized spacial score (nSPS) is 11.1. The lowest BCUT2D eigenvalue weighted by Crippen LogP contribution is -2.33. The first-order valence-electron chi connectivity index (χ1n) is 3.66. The first-order valence-corrected chi connectivity index (χ1v) is 3.66. The zero-order valence-electron chi connectivity index (χ0n) is 7.33. The highest BCUT2D eigenvalue weighted by Gasteiger charge is 2.40. The average molecular weight is 202 g/mol. The Bertz CT molecular complexity index is 338. The molecule has 0 unspecified atom stereocenters. The Balaban J connectivity index is 3.02. The molecule has 0 saturated carbocycles. The van der Waals surface area contributed by atoms with Gasteiger partial charge in [0.15, 0.2) is 0 Å². The molecule has 6 heteroatoms. The molecule has 0 aliphatic rings. The van der Waals surface area contributed by atoms with Crippen LogP contribution in [0.4, 0.5) is 8.78 Å². The molecule has 0 radical (unpaired) electrons. The number of primary amides is 1. The Morgan fingerprint density at radius 2 is 2.21 bits per heavy atom. The largest absolute Gasteiger partial charge is 0.495 e. The van der Waals surface area contributed by atoms with Crippen LogP contribution in [-0.4, -0.2) is 18.0 Å². The van der Waals surface area contributed by atoms with Crippen molar-refractivity contribution in [1.82, 2.24) is 4.98 Å². The summed E-state index contributed by atoms with van der Waals surface area (Å²) in [4.78, 5) is 13.7. The van der Waals surface area contributed by atoms with Crippen LogP contribution in [0.2, 0.25) is 0 Å². The molecule has 0 bridgehead atoms. The smallest absolute Gasteiger partial charge is 0.365 e. The van der Waals surface area contributed by atoms with Gasteiger partial charge in [0.2, 0.25) is 0 Å². The van der Waals surface area contributed by atoms with Crippen LogP contribution in [0.5, 0.6) is 5.75 Å². The third-order valence-corrected chi connectivity index (χ3v) is 1.60. The SMILES string of the molecule is COc1ccc(C(F)(F)C(N)=O)nc1. The highest BCUT2D eigenvalue weighted by Crippen LogP contribution is 2.26. The molecule has 0 fully saturated rings. The van der Waals surface area contributed by atoms with Crippen molar-refractivity contribution in [1.29, 1.82) is 0 Å². The number of alkyl halides is 2. The van der Waals surface area contributed by atoms with Gasteiger partial charge in [0.25, 0.3) is 5.91 Å². The van der Waals surface area contributed by atoms with Gasteiger partial charge in [-0.05, 0) is 12.1 Å². The van der Waals surface area contributed by atoms with Crippen molar-refractivity contribution in [2.45, 2.75) is 5.92 Å². The van der Waals surface area contributed by atoms with E-state index in [1.54, 1.807) is 0 Å². The molecular weight excluding hydrogens is 194 g/mol. The van der Waals surface area contributed by atoms with E-state index in [1.807, 2.05) is 0 Å². The van der Waals surface area contributed by atoms with Gasteiger partial charge >= 0.3 is 5.92 Å². The number of aromatic nitrogens is 1. The lowest BCUT2D eigenvalue weighted by atomic mass is 10.2. The van der Waals surface area contributed by atoms with E-state index in [1.165, 1.54) is 13.2 Å². The number of ether oxygens (including phenoxy) is 1. The fourth-order valence-corrected chi connectivity index (χ4v) is 0.813. The van der Waals surface area contributed by atoms with E-state index >= 15 is 0 Å². The third-order valence-electron chi connectivity index (χ3n) is 1.60. The Kier molecular flexibility index (Phi) is 2.64. The van der Waals surface area contributed by atoms with Crippen LogP contribution in [0.3, 0.4) is 0 Å². The minimum atomic E-state index is -3.74. The molecule has 76 valence electrons. The second-order valence-electron chi connectivity index (χ2n) is 2.52. The number of nitrogens with zero attached hydrogens (tertiary/aromatic N) is 1. The number of rotatable bonds is 3. The van der Waals surface area contributed by atoms with E-state index in [9.17, 15) is 13.6 Å². The zero-order chi connectivity index (χ0) is 10.8. The maximum atomic E-state index is 12.9. The lowest BCUT2D eigenvalue weighted by Gasteiger charge is -2.11. The minimum absolute atomic E-state index is 0.328. The van der Waals surface area contributed by atoms with Crippen LogP contribution in [0.25, 0.3) is 0 Å². The van der Waals surface area contributed by atoms with Crippen LogP contribution >= 0.6 is 0 Å². The summed E-state index contributed by atoms with van der Waals surface area (Å²) >= 11 is 0. The molecule has 1 heterocycles. The summed E-state index contributed by atoms with van der Waals surface area (Å²) in [5, 5.41) is 0. The van der Waals surface area contributed by atoms with Crippen molar-refractivity contribution in [3.63, 3.8) is 0 Å². The van der Waals surface area contributed by atoms with Crippen LogP contribution in [0, 0.1) is 0 Å². The fraction of sp³-hybridized carbons (Fsp3) is 0.250. The molecule has 0 aliphatic heterocycles. The molecule has 1 rings (SSSR count). The van der Waals surface area contributed by atoms with E-state index < -0.39 is 17.5 Å². The van der Waals surface area contributed by atoms with Gasteiger partial charge in [0.1, 0.15) is 11.4 Å². The molecular formula is C8H8F2N2O2. The van der Waals surface area contributed by atoms with Crippen molar-refractivity contribution in [2.75, 3.05) is 7.11 Å². The molecule has 0 aromatic carbocycles. The highest BCUT2D eigenvalue weighted by atomic mass is 19.3. The first-order chi connectivity index (χ1) is 6.48. The average Bonchev–Trinajstić information content (AvgIpc) is 2.17. The van der Waals surface area contributed by atoms with Gasteiger partial charge in [-0.3, -0.25) is 9.78 Å². The Morgan fingerprint density at radius 3 is 2.57 bits per heavy atom. The van der Waals surface area contributed by atoms with Crippen molar-refractivity contribution in [3.05, 3.63) is 24.0 Å². The molecule has 14 heavy (non-hydrogen) atoms. The minimum Gasteiger partial charge on any atom is -0.495 e. The van der Waals surface area contributed by atoms with Crippen molar-refractivity contribution in [3.8, 4) is 5.75 Å². The van der Waals surface area contributed by atoms with Crippen LogP contribution in [0.1, 0.15) is 5.69 Å². The van der Waals surface area contributed by atoms with Crippen molar-refractivity contribution >= 4 is 5.91 Å². The molecule has 4 nitrogen and oxygen atoms in total. The van der Waals surface area contributed by atoms with Gasteiger partial charge in [-0.15, -0.1) is 0 Å². The molecule has 0 saturated heterocycles. The predicted molar refractivity (Wildman–Crippen MR) is 43.9 cm³/mol. The summed E-state index contributed by atoms with van der Waals surface area (Å²) in [6, 6.07) is 2.27. The number of carbonyl (C=O) groups excluding carboxylic acids is 1. The molecule has 1 amide bonds. The van der Waals surface area contributed by atoms with Gasteiger partial charge in [0, 0.05) is 0 Å². The highest BCUT2D eigenvalue weighted by molar-refractivity contribution is 5.82. The maximum Gasteiger partial charge on any atom is 0.365 e. The van der Waals surface area contributed by atoms with Crippen molar-refractivity contribution in [2.24, 2.45) is 5.73 Å². The number of nitrogens with two attached hydrogens (primary N) is 1. The molecule has 0 spiro atoms. The number of hydrogen-bond donors (Lipinski definition) is 1. The van der Waals surface area contributed by atoms with Gasteiger partial charge < -0.3 is 10.5 Å². The predicted octanol–water partition coefficient (Wildman–Crippen LogP) is 0.667. The van der Waals surface area contributed by atoms with Gasteiger partial charge in [-0.2, -0.15) is 8.78 Å². The summed E-state index contributed by atoms with van der Waals surface area (Å²) in [5.41, 5.74) is 3.82. The fourth-order valence-electron chi connectivity index (χ4n) is 0.813. The van der Waals surface area contributed by atoms with E-state index in [0.717, 1.165) is 12.3 Å². The Hall–Kier alpha value is -1.72. The molecule has 1 aromatic rings. The summed E-state index contributed by atoms with van der Waals surface area (Å²) in [6.45, 7) is 0. The van der Waals surface area contributed by atoms with Gasteiger partial charge in [-0.1, -0.05) is 0 Å². The molecule has 1 aromatic heterocycles. The van der Waals surface area contributed by atoms with E-state index in [4.69, 9.17) is 4.74 Å². The number of amides is 1. The number of halogens is 2. The lowest BCUT2D eigenvalue weighted by molar-refractivity contribution is -0.143. The quantitative estimate of drug-likeness (QED) is 0.783. The standard InChI is InChI=1S/C8H8F2N2O2/c1-14-5-2-3-6(12-4-5)8(9,10)7(11)13/h2-4H,1H3,(H2,11,13). The van der Waals surface area contributed by atoms with E-state index in [2.05, 4.69) is 10.7 Å². The molecule has 0 aliphatic carbocycles. The third kappa shape index (κ3) is 1.78. The second-order valence-corrected chi connectivity index (χ2v) is 2.52. The van der Waals surface area contributed by atoms with Gasteiger partial charge in [0.05, 0.1) is 13.3 Å². The van der Waals surface area contributed by atoms with Crippen LogP contribution < -0.4 is 10.5 Å². The maximum absolute atomic E-state index is 12.9.